The summed E-state index contributed by atoms with van der Waals surface area (Å²) in [5, 5.41) is 19.7. The van der Waals surface area contributed by atoms with E-state index in [1.807, 2.05) is 86.6 Å². The molecule has 2 aliphatic rings. The number of carboxylic acids is 1. The van der Waals surface area contributed by atoms with Gasteiger partial charge in [-0.15, -0.1) is 0 Å². The molecular formula is C49H53F3N10O8. The predicted molar refractivity (Wildman–Crippen MR) is 250 cm³/mol. The molecule has 4 amide bonds. The van der Waals surface area contributed by atoms with Crippen molar-refractivity contribution in [2.24, 2.45) is 5.92 Å². The minimum Gasteiger partial charge on any atom is -0.475 e. The van der Waals surface area contributed by atoms with Gasteiger partial charge in [0.05, 0.1) is 65.9 Å². The molecule has 8 rings (SSSR count). The molecule has 0 unspecified atom stereocenters. The van der Waals surface area contributed by atoms with Crippen molar-refractivity contribution in [2.75, 3.05) is 27.2 Å². The van der Waals surface area contributed by atoms with E-state index in [0.717, 1.165) is 75.4 Å². The number of carbonyl (C=O) groups excluding carboxylic acids is 3. The van der Waals surface area contributed by atoms with E-state index in [1.54, 1.807) is 28.4 Å². The van der Waals surface area contributed by atoms with Crippen LogP contribution in [0.4, 0.5) is 22.8 Å². The number of H-pyrrole nitrogens is 2. The van der Waals surface area contributed by atoms with E-state index in [4.69, 9.17) is 29.6 Å². The molecule has 0 radical (unpaired) electrons. The van der Waals surface area contributed by atoms with Gasteiger partial charge < -0.3 is 40.0 Å². The van der Waals surface area contributed by atoms with Gasteiger partial charge in [-0.05, 0) is 67.7 Å². The Balaban J connectivity index is 0.000000959. The molecule has 0 spiro atoms. The molecule has 2 fully saturated rings. The second kappa shape index (κ2) is 21.6. The highest BCUT2D eigenvalue weighted by Gasteiger charge is 2.40. The number of aliphatic carboxylic acids is 1. The number of rotatable bonds is 13. The number of imidazole rings is 2. The second-order valence-corrected chi connectivity index (χ2v) is 17.4. The largest absolute Gasteiger partial charge is 0.490 e. The van der Waals surface area contributed by atoms with Crippen molar-refractivity contribution in [1.82, 2.24) is 49.9 Å². The number of alkyl carbamates (subject to hydrolysis) is 1. The Kier molecular flexibility index (Phi) is 15.5. The highest BCUT2D eigenvalue weighted by atomic mass is 19.4. The summed E-state index contributed by atoms with van der Waals surface area (Å²) in [6.07, 6.45) is 2.49. The summed E-state index contributed by atoms with van der Waals surface area (Å²) >= 11 is 0. The number of aromatic nitrogens is 6. The van der Waals surface area contributed by atoms with E-state index in [0.29, 0.717) is 43.1 Å². The lowest BCUT2D eigenvalue weighted by molar-refractivity contribution is -0.192. The van der Waals surface area contributed by atoms with Crippen LogP contribution >= 0.6 is 0 Å². The fourth-order valence-electron chi connectivity index (χ4n) is 8.71. The zero-order valence-corrected chi connectivity index (χ0v) is 38.8. The lowest BCUT2D eigenvalue weighted by Gasteiger charge is -2.31. The van der Waals surface area contributed by atoms with Gasteiger partial charge in [0.15, 0.2) is 0 Å². The topological polar surface area (TPSA) is 240 Å². The van der Waals surface area contributed by atoms with Crippen LogP contribution in [0.5, 0.6) is 0 Å². The fraction of sp³-hybridized carbons (Fsp3) is 0.367. The van der Waals surface area contributed by atoms with Crippen molar-refractivity contribution in [2.45, 2.75) is 82.7 Å². The number of halogens is 3. The van der Waals surface area contributed by atoms with Gasteiger partial charge in [-0.3, -0.25) is 19.5 Å². The zero-order valence-electron chi connectivity index (χ0n) is 38.8. The number of hydrogen-bond donors (Lipinski definition) is 5. The van der Waals surface area contributed by atoms with Crippen LogP contribution in [-0.2, 0) is 25.5 Å². The SMILES string of the molecule is COC(=O)N[C@H](C(=O)N1CCC[C@H]1c1ncc(-c2ccc(-c3cnc4cc(-c5cnc([C@@H]6CCCN6C(=O)[C@@H](CCc6ccccc6)N(C)C(=O)O)[nH]5)ccc4n3)cc2)[nH]1)C(C)C.O=C(O)C(F)(F)F. The van der Waals surface area contributed by atoms with Crippen LogP contribution in [0.2, 0.25) is 0 Å². The Hall–Kier alpha value is -7.84. The van der Waals surface area contributed by atoms with Gasteiger partial charge in [0.25, 0.3) is 0 Å². The standard InChI is InChI=1S/C47H52N10O6.C2HF3O2/c1-28(2)41(54-46(60)63-4)45(59)57-23-9-13-39(57)43-49-26-36(52-43)31-17-15-30(16-18-31)35-25-48-34-24-32(19-20-33(34)51-35)37-27-50-42(53-37)38-12-8-22-56(38)44(58)40(55(3)47(61)62)21-14-29-10-6-5-7-11-29;3-2(4,5)1(6)7/h5-7,10-11,15-20,24-28,38-41H,8-9,12-14,21-23H2,1-4H3,(H,49,52)(H,50,53)(H,54,60)(H,61,62);(H,6,7)/t38-,39-,40+,41-;/m0./s1. The van der Waals surface area contributed by atoms with Crippen LogP contribution in [0.25, 0.3) is 44.8 Å². The number of methoxy groups -OCH3 is 1. The second-order valence-electron chi connectivity index (χ2n) is 17.4. The van der Waals surface area contributed by atoms with E-state index in [-0.39, 0.29) is 29.8 Å². The van der Waals surface area contributed by atoms with Gasteiger partial charge in [-0.2, -0.15) is 13.2 Å². The Bertz CT molecular complexity index is 2820. The minimum atomic E-state index is -5.08. The first-order chi connectivity index (χ1) is 33.4. The Morgan fingerprint density at radius 1 is 0.786 bits per heavy atom. The van der Waals surface area contributed by atoms with E-state index >= 15 is 0 Å². The molecule has 368 valence electrons. The number of fused-ring (bicyclic) bond motifs is 1. The van der Waals surface area contributed by atoms with Gasteiger partial charge in [0.2, 0.25) is 11.8 Å². The monoisotopic (exact) mass is 966 g/mol. The normalized spacial score (nSPS) is 16.6. The van der Waals surface area contributed by atoms with Gasteiger partial charge in [0, 0.05) is 31.3 Å². The third-order valence-electron chi connectivity index (χ3n) is 12.5. The number of amides is 4. The number of carbonyl (C=O) groups is 5. The van der Waals surface area contributed by atoms with Crippen LogP contribution < -0.4 is 5.32 Å². The molecule has 6 aromatic rings. The van der Waals surface area contributed by atoms with Crippen LogP contribution in [-0.4, -0.2) is 130 Å². The molecule has 3 aromatic heterocycles. The number of ether oxygens (including phenoxy) is 1. The van der Waals surface area contributed by atoms with Crippen LogP contribution in [0, 0.1) is 5.92 Å². The van der Waals surface area contributed by atoms with E-state index in [9.17, 15) is 37.5 Å². The molecule has 0 aliphatic carbocycles. The van der Waals surface area contributed by atoms with Gasteiger partial charge >= 0.3 is 24.3 Å². The molecule has 2 aliphatic heterocycles. The van der Waals surface area contributed by atoms with Gasteiger partial charge in [-0.25, -0.2) is 29.3 Å². The number of nitrogens with one attached hydrogen (secondary N) is 3. The third kappa shape index (κ3) is 11.5. The average Bonchev–Trinajstić information content (AvgIpc) is 4.20. The molecule has 5 N–H and O–H groups in total. The molecule has 70 heavy (non-hydrogen) atoms. The number of aryl methyl sites for hydroxylation is 1. The molecule has 18 nitrogen and oxygen atoms in total. The van der Waals surface area contributed by atoms with E-state index < -0.39 is 36.4 Å². The van der Waals surface area contributed by atoms with Crippen molar-refractivity contribution in [1.29, 1.82) is 0 Å². The summed E-state index contributed by atoms with van der Waals surface area (Å²) in [7, 11) is 2.74. The molecule has 0 bridgehead atoms. The number of carboxylic acid groups (broad SMARTS) is 2. The van der Waals surface area contributed by atoms with Crippen molar-refractivity contribution in [3.8, 4) is 33.8 Å². The Labute approximate surface area is 400 Å². The molecule has 21 heteroatoms. The Morgan fingerprint density at radius 2 is 1.34 bits per heavy atom. The lowest BCUT2D eigenvalue weighted by atomic mass is 10.0. The summed E-state index contributed by atoms with van der Waals surface area (Å²) in [5.74, 6) is -1.89. The first-order valence-electron chi connectivity index (χ1n) is 22.7. The molecule has 3 aromatic carbocycles. The lowest BCUT2D eigenvalue weighted by Crippen LogP contribution is -2.51. The van der Waals surface area contributed by atoms with Crippen LogP contribution in [0.3, 0.4) is 0 Å². The van der Waals surface area contributed by atoms with E-state index in [2.05, 4.69) is 20.3 Å². The van der Waals surface area contributed by atoms with Gasteiger partial charge in [0.1, 0.15) is 23.7 Å². The van der Waals surface area contributed by atoms with Crippen LogP contribution in [0.15, 0.2) is 91.4 Å². The van der Waals surface area contributed by atoms with Crippen molar-refractivity contribution < 1.29 is 52.1 Å². The van der Waals surface area contributed by atoms with Crippen molar-refractivity contribution in [3.63, 3.8) is 0 Å². The number of benzene rings is 3. The van der Waals surface area contributed by atoms with Crippen molar-refractivity contribution >= 4 is 41.0 Å². The zero-order chi connectivity index (χ0) is 50.3. The fourth-order valence-corrected chi connectivity index (χ4v) is 8.71. The highest BCUT2D eigenvalue weighted by Crippen LogP contribution is 2.35. The molecule has 5 heterocycles. The first kappa shape index (κ1) is 50.0. The summed E-state index contributed by atoms with van der Waals surface area (Å²) in [5.41, 5.74) is 7.51. The number of likely N-dealkylation sites (tertiary alicyclic amines) is 2. The maximum absolute atomic E-state index is 14.0. The first-order valence-corrected chi connectivity index (χ1v) is 22.7. The number of likely N-dealkylation sites (N-methyl/N-ethyl adjacent to an activating group) is 1. The minimum absolute atomic E-state index is 0.119. The number of aromatic amines is 2. The highest BCUT2D eigenvalue weighted by molar-refractivity contribution is 5.87. The average molecular weight is 967 g/mol. The number of alkyl halides is 3. The van der Waals surface area contributed by atoms with Crippen LogP contribution in [0.1, 0.15) is 75.2 Å². The molecule has 4 atom stereocenters. The summed E-state index contributed by atoms with van der Waals surface area (Å²) < 4.78 is 36.5. The molecule has 2 saturated heterocycles. The summed E-state index contributed by atoms with van der Waals surface area (Å²) in [6.45, 7) is 4.89. The number of nitrogens with zero attached hydrogens (tertiary/aromatic N) is 7. The predicted octanol–water partition coefficient (Wildman–Crippen LogP) is 8.03. The summed E-state index contributed by atoms with van der Waals surface area (Å²) in [4.78, 5) is 91.1. The molecular weight excluding hydrogens is 914 g/mol. The Morgan fingerprint density at radius 3 is 1.90 bits per heavy atom. The van der Waals surface area contributed by atoms with Gasteiger partial charge in [-0.1, -0.05) is 74.5 Å². The quantitative estimate of drug-likeness (QED) is 0.0739. The third-order valence-corrected chi connectivity index (χ3v) is 12.5. The maximum Gasteiger partial charge on any atom is 0.490 e. The van der Waals surface area contributed by atoms with E-state index in [1.165, 1.54) is 14.2 Å². The maximum atomic E-state index is 14.0. The smallest absolute Gasteiger partial charge is 0.475 e. The molecule has 0 saturated carbocycles. The van der Waals surface area contributed by atoms with Crippen molar-refractivity contribution in [3.05, 3.63) is 109 Å². The number of hydrogen-bond acceptors (Lipinski definition) is 10. The summed E-state index contributed by atoms with van der Waals surface area (Å²) in [6, 6.07) is 21.6.